The molecule has 11 heteroatoms. The number of esters is 2. The van der Waals surface area contributed by atoms with Crippen molar-refractivity contribution < 1.29 is 32.6 Å². The molecule has 30 heavy (non-hydrogen) atoms. The Morgan fingerprint density at radius 1 is 1.30 bits per heavy atom. The van der Waals surface area contributed by atoms with Gasteiger partial charge >= 0.3 is 18.0 Å². The first-order chi connectivity index (χ1) is 14.3. The third-order valence-electron chi connectivity index (χ3n) is 4.82. The zero-order valence-electron chi connectivity index (χ0n) is 16.3. The topological polar surface area (TPSA) is 114 Å². The molecule has 0 spiro atoms. The maximum Gasteiger partial charge on any atom is 0.329 e. The number of hydrogen-bond acceptors (Lipinski definition) is 6. The van der Waals surface area contributed by atoms with Crippen LogP contribution >= 0.6 is 0 Å². The lowest BCUT2D eigenvalue weighted by molar-refractivity contribution is -0.149. The summed E-state index contributed by atoms with van der Waals surface area (Å²) < 4.78 is 37.2. The predicted molar refractivity (Wildman–Crippen MR) is 98.2 cm³/mol. The lowest BCUT2D eigenvalue weighted by atomic mass is 9.95. The lowest BCUT2D eigenvalue weighted by Gasteiger charge is -2.36. The second-order valence-corrected chi connectivity index (χ2v) is 6.58. The van der Waals surface area contributed by atoms with Gasteiger partial charge in [0, 0.05) is 30.3 Å². The zero-order chi connectivity index (χ0) is 21.8. The highest BCUT2D eigenvalue weighted by molar-refractivity contribution is 5.87. The normalized spacial score (nSPS) is 16.4. The quantitative estimate of drug-likeness (QED) is 0.705. The number of urea groups is 1. The number of carbonyl (C=O) groups is 3. The SMILES string of the molecule is COC(=O)C[C@H](NC(=O)N1CCc2[nH]cnc2[C@H]1c1ccc(F)cc1F)C(=O)OC. The first-order valence-electron chi connectivity index (χ1n) is 9.04. The van der Waals surface area contributed by atoms with Gasteiger partial charge in [-0.1, -0.05) is 6.07 Å². The van der Waals surface area contributed by atoms with Gasteiger partial charge in [0.25, 0.3) is 0 Å². The summed E-state index contributed by atoms with van der Waals surface area (Å²) in [6, 6.07) is 0.0547. The monoisotopic (exact) mass is 422 g/mol. The number of fused-ring (bicyclic) bond motifs is 1. The Morgan fingerprint density at radius 3 is 2.73 bits per heavy atom. The number of aromatic amines is 1. The zero-order valence-corrected chi connectivity index (χ0v) is 16.3. The fourth-order valence-electron chi connectivity index (χ4n) is 3.35. The van der Waals surface area contributed by atoms with Crippen LogP contribution in [0.3, 0.4) is 0 Å². The Hall–Kier alpha value is -3.50. The van der Waals surface area contributed by atoms with Gasteiger partial charge in [-0.2, -0.15) is 0 Å². The van der Waals surface area contributed by atoms with Gasteiger partial charge in [0.05, 0.1) is 32.7 Å². The van der Waals surface area contributed by atoms with Gasteiger partial charge in [0.1, 0.15) is 23.7 Å². The van der Waals surface area contributed by atoms with E-state index in [1.54, 1.807) is 0 Å². The van der Waals surface area contributed by atoms with Crippen LogP contribution in [0.4, 0.5) is 13.6 Å². The van der Waals surface area contributed by atoms with Crippen LogP contribution < -0.4 is 5.32 Å². The molecule has 0 radical (unpaired) electrons. The number of ether oxygens (including phenoxy) is 2. The van der Waals surface area contributed by atoms with E-state index in [4.69, 9.17) is 0 Å². The summed E-state index contributed by atoms with van der Waals surface area (Å²) in [5, 5.41) is 2.43. The number of hydrogen-bond donors (Lipinski definition) is 2. The number of aromatic nitrogens is 2. The Bertz CT molecular complexity index is 964. The van der Waals surface area contributed by atoms with E-state index in [9.17, 15) is 23.2 Å². The van der Waals surface area contributed by atoms with Crippen LogP contribution in [0.15, 0.2) is 24.5 Å². The summed E-state index contributed by atoms with van der Waals surface area (Å²) in [5.41, 5.74) is 1.17. The minimum absolute atomic E-state index is 0.0437. The first kappa shape index (κ1) is 21.2. The molecule has 160 valence electrons. The lowest BCUT2D eigenvalue weighted by Crippen LogP contribution is -2.52. The van der Waals surface area contributed by atoms with Gasteiger partial charge in [-0.05, 0) is 6.07 Å². The molecule has 0 aliphatic carbocycles. The molecule has 0 saturated heterocycles. The molecule has 2 N–H and O–H groups in total. The maximum atomic E-state index is 14.6. The largest absolute Gasteiger partial charge is 0.469 e. The molecule has 0 bridgehead atoms. The number of halogens is 2. The molecule has 1 aromatic carbocycles. The number of methoxy groups -OCH3 is 2. The number of imidazole rings is 1. The van der Waals surface area contributed by atoms with Crippen LogP contribution in [0.2, 0.25) is 0 Å². The molecule has 0 unspecified atom stereocenters. The van der Waals surface area contributed by atoms with Gasteiger partial charge in [0.2, 0.25) is 0 Å². The van der Waals surface area contributed by atoms with Crippen molar-refractivity contribution in [2.75, 3.05) is 20.8 Å². The van der Waals surface area contributed by atoms with Crippen LogP contribution in [0.25, 0.3) is 0 Å². The van der Waals surface area contributed by atoms with E-state index in [2.05, 4.69) is 24.8 Å². The molecular weight excluding hydrogens is 402 g/mol. The first-order valence-corrected chi connectivity index (χ1v) is 9.04. The average Bonchev–Trinajstić information content (AvgIpc) is 3.21. The standard InChI is InChI=1S/C19H20F2N4O5/c1-29-15(26)8-14(18(27)30-2)24-19(28)25-6-5-13-16(23-9-22-13)17(25)11-4-3-10(20)7-12(11)21/h3-4,7,9,14,17H,5-6,8H2,1-2H3,(H,22,23)(H,24,28)/t14-,17+/m0/s1. The van der Waals surface area contributed by atoms with Crippen molar-refractivity contribution in [3.05, 3.63) is 53.1 Å². The number of nitrogens with zero attached hydrogens (tertiary/aromatic N) is 2. The third-order valence-corrected chi connectivity index (χ3v) is 4.82. The third kappa shape index (κ3) is 4.24. The van der Waals surface area contributed by atoms with Crippen molar-refractivity contribution in [1.82, 2.24) is 20.2 Å². The van der Waals surface area contributed by atoms with Crippen LogP contribution in [0.1, 0.15) is 29.4 Å². The highest BCUT2D eigenvalue weighted by Gasteiger charge is 2.37. The number of amides is 2. The van der Waals surface area contributed by atoms with Crippen LogP contribution in [-0.2, 0) is 25.5 Å². The molecule has 9 nitrogen and oxygen atoms in total. The van der Waals surface area contributed by atoms with Crippen LogP contribution in [-0.4, -0.2) is 59.6 Å². The predicted octanol–water partition coefficient (Wildman–Crippen LogP) is 1.45. The summed E-state index contributed by atoms with van der Waals surface area (Å²) >= 11 is 0. The molecule has 2 heterocycles. The second kappa shape index (κ2) is 8.89. The number of benzene rings is 1. The number of H-pyrrole nitrogens is 1. The molecule has 0 saturated carbocycles. The Balaban J connectivity index is 1.93. The van der Waals surface area contributed by atoms with E-state index in [0.717, 1.165) is 26.4 Å². The molecule has 1 aromatic heterocycles. The molecular formula is C19H20F2N4O5. The number of nitrogens with one attached hydrogen (secondary N) is 2. The molecule has 3 rings (SSSR count). The summed E-state index contributed by atoms with van der Waals surface area (Å²) in [4.78, 5) is 45.0. The van der Waals surface area contributed by atoms with E-state index >= 15 is 0 Å². The highest BCUT2D eigenvalue weighted by atomic mass is 19.1. The molecule has 1 aliphatic rings. The average molecular weight is 422 g/mol. The van der Waals surface area contributed by atoms with Crippen molar-refractivity contribution in [2.45, 2.75) is 24.9 Å². The summed E-state index contributed by atoms with van der Waals surface area (Å²) in [6.07, 6.45) is 1.39. The summed E-state index contributed by atoms with van der Waals surface area (Å²) in [5.74, 6) is -3.15. The Morgan fingerprint density at radius 2 is 2.07 bits per heavy atom. The van der Waals surface area contributed by atoms with E-state index in [1.807, 2.05) is 0 Å². The van der Waals surface area contributed by atoms with Crippen molar-refractivity contribution in [3.63, 3.8) is 0 Å². The van der Waals surface area contributed by atoms with Gasteiger partial charge in [0.15, 0.2) is 0 Å². The van der Waals surface area contributed by atoms with Crippen molar-refractivity contribution in [2.24, 2.45) is 0 Å². The van der Waals surface area contributed by atoms with Crippen molar-refractivity contribution in [1.29, 1.82) is 0 Å². The van der Waals surface area contributed by atoms with Gasteiger partial charge in [-0.15, -0.1) is 0 Å². The van der Waals surface area contributed by atoms with Gasteiger partial charge in [-0.25, -0.2) is 23.4 Å². The Labute approximate surface area is 170 Å². The van der Waals surface area contributed by atoms with E-state index in [0.29, 0.717) is 17.8 Å². The molecule has 2 atom stereocenters. The van der Waals surface area contributed by atoms with Crippen LogP contribution in [0, 0.1) is 11.6 Å². The van der Waals surface area contributed by atoms with E-state index < -0.39 is 48.1 Å². The molecule has 2 aromatic rings. The minimum Gasteiger partial charge on any atom is -0.469 e. The van der Waals surface area contributed by atoms with Crippen molar-refractivity contribution >= 4 is 18.0 Å². The molecule has 0 fully saturated rings. The van der Waals surface area contributed by atoms with Crippen molar-refractivity contribution in [3.8, 4) is 0 Å². The van der Waals surface area contributed by atoms with E-state index in [-0.39, 0.29) is 12.1 Å². The van der Waals surface area contributed by atoms with E-state index in [1.165, 1.54) is 17.3 Å². The Kier molecular flexibility index (Phi) is 6.28. The number of rotatable bonds is 5. The molecule has 2 amide bonds. The summed E-state index contributed by atoms with van der Waals surface area (Å²) in [7, 11) is 2.27. The van der Waals surface area contributed by atoms with Crippen LogP contribution in [0.5, 0.6) is 0 Å². The summed E-state index contributed by atoms with van der Waals surface area (Å²) in [6.45, 7) is 0.161. The molecule has 1 aliphatic heterocycles. The van der Waals surface area contributed by atoms with Gasteiger partial charge in [-0.3, -0.25) is 4.79 Å². The fraction of sp³-hybridized carbons (Fsp3) is 0.368. The maximum absolute atomic E-state index is 14.6. The second-order valence-electron chi connectivity index (χ2n) is 6.58. The minimum atomic E-state index is -1.30. The highest BCUT2D eigenvalue weighted by Crippen LogP contribution is 2.34. The smallest absolute Gasteiger partial charge is 0.329 e. The number of carbonyl (C=O) groups excluding carboxylic acids is 3. The fourth-order valence-corrected chi connectivity index (χ4v) is 3.35. The van der Waals surface area contributed by atoms with Gasteiger partial charge < -0.3 is 24.7 Å².